The van der Waals surface area contributed by atoms with Crippen molar-refractivity contribution in [3.8, 4) is 11.1 Å². The summed E-state index contributed by atoms with van der Waals surface area (Å²) in [5.74, 6) is 0. The lowest BCUT2D eigenvalue weighted by atomic mass is 10.0. The van der Waals surface area contributed by atoms with Gasteiger partial charge in [-0.05, 0) is 34.9 Å². The topological polar surface area (TPSA) is 30.7 Å². The Balaban J connectivity index is 1.91. The number of benzene rings is 2. The van der Waals surface area contributed by atoms with Crippen LogP contribution in [0.25, 0.3) is 11.1 Å². The molecule has 0 aliphatic rings. The molecule has 0 fully saturated rings. The maximum absolute atomic E-state index is 6.03. The van der Waals surface area contributed by atoms with E-state index in [-0.39, 0.29) is 0 Å². The molecule has 94 valence electrons. The zero-order valence-electron chi connectivity index (χ0n) is 10.2. The van der Waals surface area contributed by atoms with Crippen molar-refractivity contribution >= 4 is 11.6 Å². The molecule has 0 radical (unpaired) electrons. The third-order valence-corrected chi connectivity index (χ3v) is 3.13. The van der Waals surface area contributed by atoms with Crippen LogP contribution in [0.2, 0.25) is 5.02 Å². The molecule has 3 rings (SSSR count). The fourth-order valence-electron chi connectivity index (χ4n) is 2.02. The molecule has 1 heterocycles. The lowest BCUT2D eigenvalue weighted by Crippen LogP contribution is -1.99. The summed E-state index contributed by atoms with van der Waals surface area (Å²) in [6.45, 7) is 0.717. The Hall–Kier alpha value is -2.13. The molecule has 0 spiro atoms. The van der Waals surface area contributed by atoms with E-state index in [1.807, 2.05) is 24.3 Å². The Kier molecular flexibility index (Phi) is 3.29. The molecule has 0 unspecified atom stereocenters. The first kappa shape index (κ1) is 11.9. The van der Waals surface area contributed by atoms with Crippen molar-refractivity contribution in [2.75, 3.05) is 0 Å². The maximum Gasteiger partial charge on any atom is 0.137 e. The van der Waals surface area contributed by atoms with Crippen LogP contribution in [-0.2, 0) is 6.54 Å². The predicted octanol–water partition coefficient (Wildman–Crippen LogP) is 3.65. The van der Waals surface area contributed by atoms with Gasteiger partial charge in [-0.1, -0.05) is 41.9 Å². The second-order valence-corrected chi connectivity index (χ2v) is 4.74. The van der Waals surface area contributed by atoms with E-state index in [9.17, 15) is 0 Å². The Labute approximate surface area is 116 Å². The standard InChI is InChI=1S/C15H12ClN3/c16-15-6-2-5-14(8-15)13-4-1-3-12(7-13)9-19-11-17-10-18-19/h1-8,10-11H,9H2. The molecule has 0 N–H and O–H groups in total. The molecule has 0 saturated heterocycles. The van der Waals surface area contributed by atoms with Crippen LogP contribution in [0.15, 0.2) is 61.2 Å². The lowest BCUT2D eigenvalue weighted by molar-refractivity contribution is 0.685. The van der Waals surface area contributed by atoms with Gasteiger partial charge in [-0.3, -0.25) is 0 Å². The monoisotopic (exact) mass is 269 g/mol. The van der Waals surface area contributed by atoms with Crippen LogP contribution >= 0.6 is 11.6 Å². The van der Waals surface area contributed by atoms with Crippen molar-refractivity contribution in [1.82, 2.24) is 14.8 Å². The van der Waals surface area contributed by atoms with Gasteiger partial charge in [-0.15, -0.1) is 0 Å². The largest absolute Gasteiger partial charge is 0.249 e. The number of hydrogen-bond acceptors (Lipinski definition) is 2. The van der Waals surface area contributed by atoms with E-state index in [1.54, 1.807) is 17.3 Å². The number of nitrogens with zero attached hydrogens (tertiary/aromatic N) is 3. The predicted molar refractivity (Wildman–Crippen MR) is 76.0 cm³/mol. The summed E-state index contributed by atoms with van der Waals surface area (Å²) in [5.41, 5.74) is 3.45. The Bertz CT molecular complexity index is 677. The van der Waals surface area contributed by atoms with E-state index >= 15 is 0 Å². The van der Waals surface area contributed by atoms with Gasteiger partial charge in [0.05, 0.1) is 6.54 Å². The minimum atomic E-state index is 0.717. The molecule has 1 aromatic heterocycles. The fraction of sp³-hybridized carbons (Fsp3) is 0.0667. The zero-order chi connectivity index (χ0) is 13.1. The molecule has 19 heavy (non-hydrogen) atoms. The second-order valence-electron chi connectivity index (χ2n) is 4.30. The summed E-state index contributed by atoms with van der Waals surface area (Å²) < 4.78 is 1.80. The maximum atomic E-state index is 6.03. The molecular weight excluding hydrogens is 258 g/mol. The van der Waals surface area contributed by atoms with Crippen LogP contribution < -0.4 is 0 Å². The van der Waals surface area contributed by atoms with E-state index in [2.05, 4.69) is 34.3 Å². The number of aromatic nitrogens is 3. The number of hydrogen-bond donors (Lipinski definition) is 0. The van der Waals surface area contributed by atoms with Crippen molar-refractivity contribution in [3.63, 3.8) is 0 Å². The fourth-order valence-corrected chi connectivity index (χ4v) is 2.21. The summed E-state index contributed by atoms with van der Waals surface area (Å²) in [7, 11) is 0. The Morgan fingerprint density at radius 1 is 1.00 bits per heavy atom. The first-order chi connectivity index (χ1) is 9.31. The van der Waals surface area contributed by atoms with Crippen molar-refractivity contribution in [2.24, 2.45) is 0 Å². The van der Waals surface area contributed by atoms with E-state index in [4.69, 9.17) is 11.6 Å². The van der Waals surface area contributed by atoms with E-state index in [0.717, 1.165) is 16.1 Å². The molecule has 2 aromatic carbocycles. The van der Waals surface area contributed by atoms with Gasteiger partial charge in [0, 0.05) is 5.02 Å². The zero-order valence-corrected chi connectivity index (χ0v) is 11.0. The van der Waals surface area contributed by atoms with Gasteiger partial charge in [-0.25, -0.2) is 9.67 Å². The van der Waals surface area contributed by atoms with Crippen LogP contribution in [0.4, 0.5) is 0 Å². The van der Waals surface area contributed by atoms with E-state index in [1.165, 1.54) is 5.56 Å². The van der Waals surface area contributed by atoms with Crippen molar-refractivity contribution in [2.45, 2.75) is 6.54 Å². The summed E-state index contributed by atoms with van der Waals surface area (Å²) in [5, 5.41) is 4.86. The average molecular weight is 270 g/mol. The van der Waals surface area contributed by atoms with Crippen LogP contribution in [0, 0.1) is 0 Å². The van der Waals surface area contributed by atoms with Gasteiger partial charge < -0.3 is 0 Å². The highest BCUT2D eigenvalue weighted by molar-refractivity contribution is 6.30. The molecule has 3 nitrogen and oxygen atoms in total. The number of halogens is 1. The minimum Gasteiger partial charge on any atom is -0.249 e. The van der Waals surface area contributed by atoms with Crippen LogP contribution in [0.1, 0.15) is 5.56 Å². The average Bonchev–Trinajstić information content (AvgIpc) is 2.92. The lowest BCUT2D eigenvalue weighted by Gasteiger charge is -2.06. The first-order valence-electron chi connectivity index (χ1n) is 5.98. The number of rotatable bonds is 3. The highest BCUT2D eigenvalue weighted by Gasteiger charge is 2.01. The first-order valence-corrected chi connectivity index (χ1v) is 6.36. The normalized spacial score (nSPS) is 10.6. The van der Waals surface area contributed by atoms with Gasteiger partial charge in [0.25, 0.3) is 0 Å². The third-order valence-electron chi connectivity index (χ3n) is 2.90. The summed E-state index contributed by atoms with van der Waals surface area (Å²) >= 11 is 6.03. The Morgan fingerprint density at radius 2 is 1.79 bits per heavy atom. The summed E-state index contributed by atoms with van der Waals surface area (Å²) in [6.07, 6.45) is 3.26. The van der Waals surface area contributed by atoms with Crippen LogP contribution in [0.3, 0.4) is 0 Å². The third kappa shape index (κ3) is 2.83. The van der Waals surface area contributed by atoms with Gasteiger partial charge in [-0.2, -0.15) is 5.10 Å². The molecule has 0 bridgehead atoms. The van der Waals surface area contributed by atoms with Crippen LogP contribution in [-0.4, -0.2) is 14.8 Å². The Morgan fingerprint density at radius 3 is 2.53 bits per heavy atom. The molecule has 0 aliphatic carbocycles. The van der Waals surface area contributed by atoms with E-state index in [0.29, 0.717) is 6.54 Å². The van der Waals surface area contributed by atoms with Crippen molar-refractivity contribution in [1.29, 1.82) is 0 Å². The van der Waals surface area contributed by atoms with Crippen LogP contribution in [0.5, 0.6) is 0 Å². The SMILES string of the molecule is Clc1cccc(-c2cccc(Cn3cncn3)c2)c1. The molecular formula is C15H12ClN3. The molecule has 0 aliphatic heterocycles. The summed E-state index contributed by atoms with van der Waals surface area (Å²) in [6, 6.07) is 16.2. The van der Waals surface area contributed by atoms with E-state index < -0.39 is 0 Å². The minimum absolute atomic E-state index is 0.717. The van der Waals surface area contributed by atoms with Crippen molar-refractivity contribution in [3.05, 3.63) is 71.8 Å². The molecule has 0 atom stereocenters. The molecule has 4 heteroatoms. The molecule has 3 aromatic rings. The highest BCUT2D eigenvalue weighted by atomic mass is 35.5. The van der Waals surface area contributed by atoms with Gasteiger partial charge in [0.2, 0.25) is 0 Å². The highest BCUT2D eigenvalue weighted by Crippen LogP contribution is 2.23. The molecule has 0 amide bonds. The van der Waals surface area contributed by atoms with Gasteiger partial charge >= 0.3 is 0 Å². The van der Waals surface area contributed by atoms with Gasteiger partial charge in [0.15, 0.2) is 0 Å². The quantitative estimate of drug-likeness (QED) is 0.727. The smallest absolute Gasteiger partial charge is 0.137 e. The van der Waals surface area contributed by atoms with Gasteiger partial charge in [0.1, 0.15) is 12.7 Å². The second kappa shape index (κ2) is 5.24. The molecule has 0 saturated carbocycles. The van der Waals surface area contributed by atoms with Crippen molar-refractivity contribution < 1.29 is 0 Å². The summed E-state index contributed by atoms with van der Waals surface area (Å²) in [4.78, 5) is 3.94.